The van der Waals surface area contributed by atoms with E-state index in [1.165, 1.54) is 10.9 Å². The first-order valence-corrected chi connectivity index (χ1v) is 9.42. The molecule has 0 aliphatic carbocycles. The fraction of sp³-hybridized carbons (Fsp3) is 0.182. The van der Waals surface area contributed by atoms with E-state index in [4.69, 9.17) is 0 Å². The average molecular weight is 372 g/mol. The molecular weight excluding hydrogens is 348 g/mol. The molecule has 0 amide bonds. The first-order valence-electron chi connectivity index (χ1n) is 9.42. The highest BCUT2D eigenvalue weighted by atomic mass is 15.3. The van der Waals surface area contributed by atoms with Crippen LogP contribution in [0.1, 0.15) is 11.3 Å². The topological polar surface area (TPSA) is 70.0 Å². The molecule has 0 saturated heterocycles. The van der Waals surface area contributed by atoms with Crippen molar-refractivity contribution in [2.75, 3.05) is 13.6 Å². The van der Waals surface area contributed by atoms with E-state index in [2.05, 4.69) is 74.2 Å². The van der Waals surface area contributed by atoms with E-state index < -0.39 is 0 Å². The smallest absolute Gasteiger partial charge is 0.191 e. The molecule has 3 N–H and O–H groups in total. The molecule has 0 aliphatic rings. The molecule has 2 aromatic carbocycles. The second-order valence-electron chi connectivity index (χ2n) is 6.60. The zero-order valence-corrected chi connectivity index (χ0v) is 15.9. The van der Waals surface area contributed by atoms with Crippen molar-refractivity contribution in [3.8, 4) is 5.69 Å². The number of H-pyrrole nitrogens is 1. The van der Waals surface area contributed by atoms with Crippen molar-refractivity contribution in [1.82, 2.24) is 25.4 Å². The maximum Gasteiger partial charge on any atom is 0.191 e. The predicted octanol–water partition coefficient (Wildman–Crippen LogP) is 3.26. The summed E-state index contributed by atoms with van der Waals surface area (Å²) in [6.45, 7) is 1.51. The molecule has 4 aromatic rings. The van der Waals surface area contributed by atoms with Gasteiger partial charge in [0.15, 0.2) is 5.96 Å². The van der Waals surface area contributed by atoms with E-state index in [0.29, 0.717) is 6.54 Å². The number of nitrogens with one attached hydrogen (secondary N) is 3. The number of hydrogen-bond donors (Lipinski definition) is 3. The third-order valence-electron chi connectivity index (χ3n) is 4.67. The summed E-state index contributed by atoms with van der Waals surface area (Å²) >= 11 is 0. The molecule has 0 unspecified atom stereocenters. The Morgan fingerprint density at radius 2 is 1.93 bits per heavy atom. The van der Waals surface area contributed by atoms with Gasteiger partial charge in [0.2, 0.25) is 0 Å². The van der Waals surface area contributed by atoms with Crippen molar-refractivity contribution in [3.05, 3.63) is 84.3 Å². The van der Waals surface area contributed by atoms with Crippen LogP contribution in [-0.2, 0) is 13.0 Å². The van der Waals surface area contributed by atoms with Gasteiger partial charge in [0, 0.05) is 37.2 Å². The van der Waals surface area contributed by atoms with Crippen LogP contribution in [-0.4, -0.2) is 34.3 Å². The SMILES string of the molecule is CN=C(NCCc1ccc(-n2cccn2)cc1)NCc1cc2ccccc2[nH]1. The van der Waals surface area contributed by atoms with Crippen LogP contribution >= 0.6 is 0 Å². The zero-order chi connectivity index (χ0) is 19.2. The molecule has 6 heteroatoms. The Labute approximate surface area is 164 Å². The van der Waals surface area contributed by atoms with Gasteiger partial charge in [-0.25, -0.2) is 4.68 Å². The van der Waals surface area contributed by atoms with Gasteiger partial charge in [0.1, 0.15) is 0 Å². The molecule has 0 fully saturated rings. The molecule has 0 saturated carbocycles. The van der Waals surface area contributed by atoms with E-state index in [1.807, 2.05) is 23.0 Å². The molecule has 28 heavy (non-hydrogen) atoms. The lowest BCUT2D eigenvalue weighted by Gasteiger charge is -2.11. The largest absolute Gasteiger partial charge is 0.357 e. The fourth-order valence-electron chi connectivity index (χ4n) is 3.19. The van der Waals surface area contributed by atoms with Gasteiger partial charge < -0.3 is 15.6 Å². The van der Waals surface area contributed by atoms with Crippen LogP contribution in [0.15, 0.2) is 78.0 Å². The summed E-state index contributed by atoms with van der Waals surface area (Å²) in [5, 5.41) is 12.2. The fourth-order valence-corrected chi connectivity index (χ4v) is 3.19. The summed E-state index contributed by atoms with van der Waals surface area (Å²) in [5.41, 5.74) is 4.63. The molecular formula is C22H24N6. The third kappa shape index (κ3) is 4.23. The van der Waals surface area contributed by atoms with Crippen molar-refractivity contribution in [2.45, 2.75) is 13.0 Å². The number of para-hydroxylation sites is 1. The first kappa shape index (κ1) is 17.9. The van der Waals surface area contributed by atoms with Crippen LogP contribution in [0.25, 0.3) is 16.6 Å². The van der Waals surface area contributed by atoms with Gasteiger partial charge in [0.05, 0.1) is 12.2 Å². The number of nitrogens with zero attached hydrogens (tertiary/aromatic N) is 3. The maximum atomic E-state index is 4.31. The minimum Gasteiger partial charge on any atom is -0.357 e. The van der Waals surface area contributed by atoms with Gasteiger partial charge in [-0.2, -0.15) is 5.10 Å². The molecule has 4 rings (SSSR count). The summed E-state index contributed by atoms with van der Waals surface area (Å²) in [5.74, 6) is 0.798. The zero-order valence-electron chi connectivity index (χ0n) is 15.9. The number of aromatic nitrogens is 3. The minimum atomic E-state index is 0.701. The van der Waals surface area contributed by atoms with E-state index in [1.54, 1.807) is 13.2 Å². The number of aliphatic imine (C=N–C) groups is 1. The van der Waals surface area contributed by atoms with Gasteiger partial charge in [-0.3, -0.25) is 4.99 Å². The van der Waals surface area contributed by atoms with Crippen molar-refractivity contribution in [2.24, 2.45) is 4.99 Å². The molecule has 2 aromatic heterocycles. The Morgan fingerprint density at radius 3 is 2.68 bits per heavy atom. The van der Waals surface area contributed by atoms with Crippen LogP contribution in [0.3, 0.4) is 0 Å². The van der Waals surface area contributed by atoms with Gasteiger partial charge in [-0.15, -0.1) is 0 Å². The van der Waals surface area contributed by atoms with E-state index >= 15 is 0 Å². The van der Waals surface area contributed by atoms with E-state index in [0.717, 1.165) is 35.8 Å². The lowest BCUT2D eigenvalue weighted by atomic mass is 10.1. The summed E-state index contributed by atoms with van der Waals surface area (Å²) in [6.07, 6.45) is 4.65. The van der Waals surface area contributed by atoms with Crippen LogP contribution in [0.4, 0.5) is 0 Å². The number of rotatable bonds is 6. The lowest BCUT2D eigenvalue weighted by Crippen LogP contribution is -2.37. The number of guanidine groups is 1. The molecule has 0 bridgehead atoms. The first-order chi connectivity index (χ1) is 13.8. The molecule has 2 heterocycles. The van der Waals surface area contributed by atoms with Crippen LogP contribution in [0, 0.1) is 0 Å². The van der Waals surface area contributed by atoms with Crippen molar-refractivity contribution < 1.29 is 0 Å². The van der Waals surface area contributed by atoms with Crippen LogP contribution in [0.5, 0.6) is 0 Å². The average Bonchev–Trinajstić information content (AvgIpc) is 3.40. The number of benzene rings is 2. The minimum absolute atomic E-state index is 0.701. The highest BCUT2D eigenvalue weighted by Gasteiger charge is 2.03. The standard InChI is InChI=1S/C22H24N6/c1-23-22(25-16-19-15-18-5-2-3-6-21(18)27-19)24-13-11-17-7-9-20(10-8-17)28-14-4-12-26-28/h2-10,12,14-15,27H,11,13,16H2,1H3,(H2,23,24,25). The lowest BCUT2D eigenvalue weighted by molar-refractivity contribution is 0.787. The molecule has 0 atom stereocenters. The highest BCUT2D eigenvalue weighted by molar-refractivity contribution is 5.81. The Hall–Kier alpha value is -3.54. The second-order valence-corrected chi connectivity index (χ2v) is 6.60. The summed E-state index contributed by atoms with van der Waals surface area (Å²) < 4.78 is 1.86. The Balaban J connectivity index is 1.26. The molecule has 6 nitrogen and oxygen atoms in total. The monoisotopic (exact) mass is 372 g/mol. The van der Waals surface area contributed by atoms with E-state index in [-0.39, 0.29) is 0 Å². The number of hydrogen-bond acceptors (Lipinski definition) is 2. The van der Waals surface area contributed by atoms with Gasteiger partial charge in [-0.1, -0.05) is 30.3 Å². The molecule has 142 valence electrons. The second kappa shape index (κ2) is 8.43. The molecule has 0 spiro atoms. The predicted molar refractivity (Wildman–Crippen MR) is 114 cm³/mol. The van der Waals surface area contributed by atoms with Gasteiger partial charge >= 0.3 is 0 Å². The normalized spacial score (nSPS) is 11.7. The van der Waals surface area contributed by atoms with Crippen molar-refractivity contribution >= 4 is 16.9 Å². The molecule has 0 aliphatic heterocycles. The Morgan fingerprint density at radius 1 is 1.07 bits per heavy atom. The van der Waals surface area contributed by atoms with Crippen molar-refractivity contribution in [3.63, 3.8) is 0 Å². The Kier molecular flexibility index (Phi) is 5.38. The van der Waals surface area contributed by atoms with E-state index in [9.17, 15) is 0 Å². The van der Waals surface area contributed by atoms with Crippen LogP contribution in [0.2, 0.25) is 0 Å². The summed E-state index contributed by atoms with van der Waals surface area (Å²) in [4.78, 5) is 7.73. The highest BCUT2D eigenvalue weighted by Crippen LogP contribution is 2.14. The maximum absolute atomic E-state index is 4.31. The third-order valence-corrected chi connectivity index (χ3v) is 4.67. The number of fused-ring (bicyclic) bond motifs is 1. The van der Waals surface area contributed by atoms with Crippen molar-refractivity contribution in [1.29, 1.82) is 0 Å². The number of aromatic amines is 1. The van der Waals surface area contributed by atoms with Crippen LogP contribution < -0.4 is 10.6 Å². The van der Waals surface area contributed by atoms with Gasteiger partial charge in [-0.05, 0) is 47.7 Å². The summed E-state index contributed by atoms with van der Waals surface area (Å²) in [7, 11) is 1.79. The quantitative estimate of drug-likeness (QED) is 0.359. The Bertz CT molecular complexity index is 1010. The summed E-state index contributed by atoms with van der Waals surface area (Å²) in [6, 6.07) is 20.8. The molecule has 0 radical (unpaired) electrons. The van der Waals surface area contributed by atoms with Gasteiger partial charge in [0.25, 0.3) is 0 Å².